The van der Waals surface area contributed by atoms with Crippen LogP contribution in [0.15, 0.2) is 18.5 Å². The summed E-state index contributed by atoms with van der Waals surface area (Å²) in [5.41, 5.74) is 1.76. The van der Waals surface area contributed by atoms with Crippen molar-refractivity contribution in [3.8, 4) is 0 Å². The van der Waals surface area contributed by atoms with Gasteiger partial charge in [-0.1, -0.05) is 0 Å². The van der Waals surface area contributed by atoms with Crippen LogP contribution in [0.1, 0.15) is 15.9 Å². The first-order valence-corrected chi connectivity index (χ1v) is 6.16. The fourth-order valence-corrected chi connectivity index (χ4v) is 2.90. The summed E-state index contributed by atoms with van der Waals surface area (Å²) in [6.45, 7) is 5.86. The first-order valence-electron chi connectivity index (χ1n) is 6.16. The monoisotopic (exact) mass is 231 g/mol. The maximum atomic E-state index is 12.4. The van der Waals surface area contributed by atoms with Crippen molar-refractivity contribution < 1.29 is 4.79 Å². The van der Waals surface area contributed by atoms with Crippen LogP contribution in [0.5, 0.6) is 0 Å². The minimum absolute atomic E-state index is 0.166. The van der Waals surface area contributed by atoms with E-state index in [9.17, 15) is 4.79 Å². The van der Waals surface area contributed by atoms with E-state index in [-0.39, 0.29) is 5.91 Å². The van der Waals surface area contributed by atoms with Crippen molar-refractivity contribution in [2.45, 2.75) is 6.92 Å². The molecule has 0 aromatic carbocycles. The number of aryl methyl sites for hydroxylation is 1. The minimum Gasteiger partial charge on any atom is -0.338 e. The van der Waals surface area contributed by atoms with Gasteiger partial charge in [0.15, 0.2) is 0 Å². The number of nitrogens with one attached hydrogen (secondary N) is 1. The molecule has 0 bridgehead atoms. The van der Waals surface area contributed by atoms with E-state index in [1.54, 1.807) is 12.4 Å². The van der Waals surface area contributed by atoms with Crippen molar-refractivity contribution in [2.75, 3.05) is 26.2 Å². The molecule has 1 N–H and O–H groups in total. The van der Waals surface area contributed by atoms with Crippen LogP contribution in [-0.4, -0.2) is 42.0 Å². The number of hydrogen-bond acceptors (Lipinski definition) is 3. The second-order valence-electron chi connectivity index (χ2n) is 5.08. The van der Waals surface area contributed by atoms with E-state index < -0.39 is 0 Å². The molecule has 0 spiro atoms. The molecule has 0 saturated carbocycles. The van der Waals surface area contributed by atoms with Gasteiger partial charge < -0.3 is 10.2 Å². The topological polar surface area (TPSA) is 45.2 Å². The van der Waals surface area contributed by atoms with Crippen molar-refractivity contribution in [3.63, 3.8) is 0 Å². The predicted octanol–water partition coefficient (Wildman–Crippen LogP) is 0.681. The number of pyridine rings is 1. The van der Waals surface area contributed by atoms with Crippen molar-refractivity contribution >= 4 is 5.91 Å². The Morgan fingerprint density at radius 3 is 2.76 bits per heavy atom. The summed E-state index contributed by atoms with van der Waals surface area (Å²) in [5.74, 6) is 1.47. The molecule has 17 heavy (non-hydrogen) atoms. The summed E-state index contributed by atoms with van der Waals surface area (Å²) in [7, 11) is 0. The van der Waals surface area contributed by atoms with Crippen LogP contribution < -0.4 is 5.32 Å². The van der Waals surface area contributed by atoms with E-state index in [1.165, 1.54) is 0 Å². The van der Waals surface area contributed by atoms with Crippen molar-refractivity contribution in [1.29, 1.82) is 0 Å². The van der Waals surface area contributed by atoms with E-state index in [1.807, 2.05) is 17.9 Å². The largest absolute Gasteiger partial charge is 0.338 e. The molecule has 2 aliphatic rings. The third-order valence-electron chi connectivity index (χ3n) is 3.93. The molecule has 2 aliphatic heterocycles. The average Bonchev–Trinajstić information content (AvgIpc) is 2.88. The maximum Gasteiger partial charge on any atom is 0.254 e. The van der Waals surface area contributed by atoms with Gasteiger partial charge in [-0.25, -0.2) is 0 Å². The molecule has 4 heteroatoms. The van der Waals surface area contributed by atoms with Gasteiger partial charge in [-0.2, -0.15) is 0 Å². The SMILES string of the molecule is Cc1cnccc1C(=O)N1C[C@H]2CNC[C@H]2C1. The number of rotatable bonds is 1. The van der Waals surface area contributed by atoms with Crippen LogP contribution in [-0.2, 0) is 0 Å². The highest BCUT2D eigenvalue weighted by Gasteiger charge is 2.38. The Bertz CT molecular complexity index is 434. The highest BCUT2D eigenvalue weighted by Crippen LogP contribution is 2.27. The molecule has 0 unspecified atom stereocenters. The Hall–Kier alpha value is -1.42. The van der Waals surface area contributed by atoms with Gasteiger partial charge in [0, 0.05) is 44.1 Å². The summed E-state index contributed by atoms with van der Waals surface area (Å²) < 4.78 is 0. The van der Waals surface area contributed by atoms with E-state index >= 15 is 0 Å². The Morgan fingerprint density at radius 2 is 2.12 bits per heavy atom. The Balaban J connectivity index is 1.78. The quantitative estimate of drug-likeness (QED) is 0.773. The molecule has 2 fully saturated rings. The number of hydrogen-bond donors (Lipinski definition) is 1. The van der Waals surface area contributed by atoms with Gasteiger partial charge in [-0.05, 0) is 30.4 Å². The molecule has 2 atom stereocenters. The summed E-state index contributed by atoms with van der Waals surface area (Å²) in [4.78, 5) is 18.4. The Kier molecular flexibility index (Phi) is 2.59. The van der Waals surface area contributed by atoms with Gasteiger partial charge in [0.05, 0.1) is 0 Å². The summed E-state index contributed by atoms with van der Waals surface area (Å²) in [6.07, 6.45) is 3.45. The second-order valence-corrected chi connectivity index (χ2v) is 5.08. The first-order chi connectivity index (χ1) is 8.25. The molecule has 2 saturated heterocycles. The number of aromatic nitrogens is 1. The number of carbonyl (C=O) groups excluding carboxylic acids is 1. The summed E-state index contributed by atoms with van der Waals surface area (Å²) in [6, 6.07) is 1.82. The fourth-order valence-electron chi connectivity index (χ4n) is 2.90. The lowest BCUT2D eigenvalue weighted by Gasteiger charge is -2.18. The van der Waals surface area contributed by atoms with Crippen molar-refractivity contribution in [1.82, 2.24) is 15.2 Å². The number of nitrogens with zero attached hydrogens (tertiary/aromatic N) is 2. The normalized spacial score (nSPS) is 27.2. The molecular weight excluding hydrogens is 214 g/mol. The fraction of sp³-hybridized carbons (Fsp3) is 0.538. The number of fused-ring (bicyclic) bond motifs is 1. The second kappa shape index (κ2) is 4.11. The third kappa shape index (κ3) is 1.82. The van der Waals surface area contributed by atoms with Crippen LogP contribution in [0.4, 0.5) is 0 Å². The van der Waals surface area contributed by atoms with Crippen LogP contribution in [0.2, 0.25) is 0 Å². The zero-order valence-corrected chi connectivity index (χ0v) is 10.0. The summed E-state index contributed by atoms with van der Waals surface area (Å²) in [5, 5.41) is 3.39. The zero-order valence-electron chi connectivity index (χ0n) is 10.0. The number of amides is 1. The Labute approximate surface area is 101 Å². The summed E-state index contributed by atoms with van der Waals surface area (Å²) >= 11 is 0. The van der Waals surface area contributed by atoms with Gasteiger partial charge in [-0.15, -0.1) is 0 Å². The molecule has 0 aliphatic carbocycles. The van der Waals surface area contributed by atoms with Crippen molar-refractivity contribution in [3.05, 3.63) is 29.6 Å². The van der Waals surface area contributed by atoms with Gasteiger partial charge in [0.2, 0.25) is 0 Å². The van der Waals surface area contributed by atoms with Gasteiger partial charge >= 0.3 is 0 Å². The number of likely N-dealkylation sites (tertiary alicyclic amines) is 1. The molecule has 1 aromatic rings. The Morgan fingerprint density at radius 1 is 1.41 bits per heavy atom. The first kappa shape index (κ1) is 10.7. The van der Waals surface area contributed by atoms with Crippen LogP contribution in [0, 0.1) is 18.8 Å². The average molecular weight is 231 g/mol. The highest BCUT2D eigenvalue weighted by molar-refractivity contribution is 5.95. The third-order valence-corrected chi connectivity index (χ3v) is 3.93. The van der Waals surface area contributed by atoms with Gasteiger partial charge in [0.1, 0.15) is 0 Å². The predicted molar refractivity (Wildman–Crippen MR) is 64.7 cm³/mol. The minimum atomic E-state index is 0.166. The van der Waals surface area contributed by atoms with E-state index in [0.29, 0.717) is 11.8 Å². The van der Waals surface area contributed by atoms with Crippen molar-refractivity contribution in [2.24, 2.45) is 11.8 Å². The van der Waals surface area contributed by atoms with Gasteiger partial charge in [-0.3, -0.25) is 9.78 Å². The highest BCUT2D eigenvalue weighted by atomic mass is 16.2. The molecule has 3 rings (SSSR count). The molecular formula is C13H17N3O. The molecule has 3 heterocycles. The number of carbonyl (C=O) groups is 1. The zero-order chi connectivity index (χ0) is 11.8. The van der Waals surface area contributed by atoms with Gasteiger partial charge in [0.25, 0.3) is 5.91 Å². The standard InChI is InChI=1S/C13H17N3O/c1-9-4-14-3-2-12(9)13(17)16-7-10-5-15-6-11(10)8-16/h2-4,10-11,15H,5-8H2,1H3/t10-,11+. The molecule has 4 nitrogen and oxygen atoms in total. The lowest BCUT2D eigenvalue weighted by molar-refractivity contribution is 0.0781. The van der Waals surface area contributed by atoms with E-state index in [2.05, 4.69) is 10.3 Å². The maximum absolute atomic E-state index is 12.4. The molecule has 0 radical (unpaired) electrons. The molecule has 90 valence electrons. The molecule has 1 aromatic heterocycles. The van der Waals surface area contributed by atoms with E-state index in [0.717, 1.165) is 37.3 Å². The van der Waals surface area contributed by atoms with Crippen LogP contribution >= 0.6 is 0 Å². The lowest BCUT2D eigenvalue weighted by Crippen LogP contribution is -2.32. The molecule has 1 amide bonds. The lowest BCUT2D eigenvalue weighted by atomic mass is 10.0. The van der Waals surface area contributed by atoms with Crippen LogP contribution in [0.3, 0.4) is 0 Å². The smallest absolute Gasteiger partial charge is 0.254 e. The van der Waals surface area contributed by atoms with Crippen LogP contribution in [0.25, 0.3) is 0 Å². The van der Waals surface area contributed by atoms with E-state index in [4.69, 9.17) is 0 Å².